The van der Waals surface area contributed by atoms with Gasteiger partial charge >= 0.3 is 0 Å². The molecule has 3 heterocycles. The molecule has 2 aromatic rings. The smallest absolute Gasteiger partial charge is 0.193 e. The number of rotatable bonds is 9. The predicted molar refractivity (Wildman–Crippen MR) is 140 cm³/mol. The standard InChI is InChI=1S/C25H36N4O2.HI/c1-30-23-8-6-21(7-9-23)10-13-26-25(27-14-11-24-5-4-18-31-24)29-17-12-22(20-29)19-28-15-2-3-16-28;/h4-9,18,22H,2-3,10-17,19-20H2,1H3,(H,26,27);1H. The van der Waals surface area contributed by atoms with Gasteiger partial charge < -0.3 is 24.3 Å². The molecular formula is C25H37IN4O2. The lowest BCUT2D eigenvalue weighted by molar-refractivity contribution is 0.281. The Hall–Kier alpha value is -1.74. The first-order valence-corrected chi connectivity index (χ1v) is 11.7. The molecule has 32 heavy (non-hydrogen) atoms. The van der Waals surface area contributed by atoms with Gasteiger partial charge in [-0.2, -0.15) is 0 Å². The van der Waals surface area contributed by atoms with E-state index >= 15 is 0 Å². The second kappa shape index (κ2) is 13.1. The maximum Gasteiger partial charge on any atom is 0.193 e. The van der Waals surface area contributed by atoms with Crippen LogP contribution in [0.4, 0.5) is 0 Å². The van der Waals surface area contributed by atoms with Gasteiger partial charge in [0.2, 0.25) is 0 Å². The van der Waals surface area contributed by atoms with Crippen molar-refractivity contribution < 1.29 is 9.15 Å². The summed E-state index contributed by atoms with van der Waals surface area (Å²) in [7, 11) is 1.70. The molecule has 2 aliphatic heterocycles. The fourth-order valence-electron chi connectivity index (χ4n) is 4.61. The number of likely N-dealkylation sites (tertiary alicyclic amines) is 2. The minimum atomic E-state index is 0. The van der Waals surface area contributed by atoms with Crippen molar-refractivity contribution in [2.24, 2.45) is 10.9 Å². The van der Waals surface area contributed by atoms with E-state index in [1.807, 2.05) is 24.3 Å². The van der Waals surface area contributed by atoms with Crippen LogP contribution in [0.3, 0.4) is 0 Å². The van der Waals surface area contributed by atoms with E-state index in [0.717, 1.165) is 62.4 Å². The zero-order valence-electron chi connectivity index (χ0n) is 19.2. The van der Waals surface area contributed by atoms with Crippen molar-refractivity contribution in [3.8, 4) is 5.75 Å². The quantitative estimate of drug-likeness (QED) is 0.289. The summed E-state index contributed by atoms with van der Waals surface area (Å²) in [5.74, 6) is 3.69. The van der Waals surface area contributed by atoms with E-state index in [-0.39, 0.29) is 24.0 Å². The molecule has 0 bridgehead atoms. The molecule has 2 saturated heterocycles. The van der Waals surface area contributed by atoms with Gasteiger partial charge in [-0.3, -0.25) is 4.99 Å². The monoisotopic (exact) mass is 552 g/mol. The molecule has 4 rings (SSSR count). The first-order valence-electron chi connectivity index (χ1n) is 11.7. The van der Waals surface area contributed by atoms with Gasteiger partial charge in [-0.05, 0) is 74.5 Å². The van der Waals surface area contributed by atoms with Crippen LogP contribution in [-0.2, 0) is 12.8 Å². The second-order valence-electron chi connectivity index (χ2n) is 8.67. The number of guanidine groups is 1. The highest BCUT2D eigenvalue weighted by molar-refractivity contribution is 14.0. The molecule has 1 aromatic heterocycles. The third kappa shape index (κ3) is 7.40. The molecule has 0 saturated carbocycles. The van der Waals surface area contributed by atoms with Crippen LogP contribution in [0.25, 0.3) is 0 Å². The molecule has 176 valence electrons. The maximum atomic E-state index is 5.47. The van der Waals surface area contributed by atoms with Crippen molar-refractivity contribution in [1.82, 2.24) is 15.1 Å². The van der Waals surface area contributed by atoms with Crippen molar-refractivity contribution in [2.75, 3.05) is 52.9 Å². The second-order valence-corrected chi connectivity index (χ2v) is 8.67. The predicted octanol–water partition coefficient (Wildman–Crippen LogP) is 4.05. The largest absolute Gasteiger partial charge is 0.497 e. The van der Waals surface area contributed by atoms with Crippen molar-refractivity contribution in [2.45, 2.75) is 32.1 Å². The van der Waals surface area contributed by atoms with Gasteiger partial charge in [0.1, 0.15) is 11.5 Å². The van der Waals surface area contributed by atoms with E-state index in [0.29, 0.717) is 0 Å². The molecule has 2 fully saturated rings. The highest BCUT2D eigenvalue weighted by Gasteiger charge is 2.27. The average Bonchev–Trinajstić information content (AvgIpc) is 3.57. The van der Waals surface area contributed by atoms with E-state index in [4.69, 9.17) is 14.1 Å². The van der Waals surface area contributed by atoms with E-state index in [1.165, 1.54) is 44.5 Å². The molecule has 1 N–H and O–H groups in total. The van der Waals surface area contributed by atoms with Crippen LogP contribution in [0.5, 0.6) is 5.75 Å². The first-order chi connectivity index (χ1) is 15.3. The van der Waals surface area contributed by atoms with Gasteiger partial charge in [0, 0.05) is 39.1 Å². The summed E-state index contributed by atoms with van der Waals surface area (Å²) >= 11 is 0. The van der Waals surface area contributed by atoms with Gasteiger partial charge in [0.05, 0.1) is 13.4 Å². The van der Waals surface area contributed by atoms with Crippen LogP contribution in [0.2, 0.25) is 0 Å². The topological polar surface area (TPSA) is 53.2 Å². The number of benzene rings is 1. The fourth-order valence-corrected chi connectivity index (χ4v) is 4.61. The summed E-state index contributed by atoms with van der Waals surface area (Å²) in [6, 6.07) is 12.3. The highest BCUT2D eigenvalue weighted by Crippen LogP contribution is 2.20. The number of nitrogens with one attached hydrogen (secondary N) is 1. The minimum Gasteiger partial charge on any atom is -0.497 e. The molecule has 0 amide bonds. The molecule has 1 atom stereocenters. The number of hydrogen-bond acceptors (Lipinski definition) is 4. The number of methoxy groups -OCH3 is 1. The van der Waals surface area contributed by atoms with Gasteiger partial charge in [-0.15, -0.1) is 24.0 Å². The number of halogens is 1. The van der Waals surface area contributed by atoms with Gasteiger partial charge in [0.15, 0.2) is 5.96 Å². The van der Waals surface area contributed by atoms with E-state index < -0.39 is 0 Å². The normalized spacial score (nSPS) is 19.2. The summed E-state index contributed by atoms with van der Waals surface area (Å²) in [5.41, 5.74) is 1.30. The van der Waals surface area contributed by atoms with Crippen LogP contribution in [0.15, 0.2) is 52.1 Å². The van der Waals surface area contributed by atoms with Crippen LogP contribution >= 0.6 is 24.0 Å². The van der Waals surface area contributed by atoms with Crippen molar-refractivity contribution in [3.05, 3.63) is 54.0 Å². The molecule has 6 nitrogen and oxygen atoms in total. The van der Waals surface area contributed by atoms with Crippen LogP contribution in [0.1, 0.15) is 30.6 Å². The Morgan fingerprint density at radius 2 is 1.94 bits per heavy atom. The minimum absolute atomic E-state index is 0. The molecule has 1 aromatic carbocycles. The Labute approximate surface area is 209 Å². The van der Waals surface area contributed by atoms with Gasteiger partial charge in [-0.25, -0.2) is 0 Å². The third-order valence-electron chi connectivity index (χ3n) is 6.36. The molecule has 1 unspecified atom stereocenters. The van der Waals surface area contributed by atoms with Gasteiger partial charge in [0.25, 0.3) is 0 Å². The van der Waals surface area contributed by atoms with Crippen LogP contribution in [0, 0.1) is 5.92 Å². The maximum absolute atomic E-state index is 5.47. The zero-order valence-corrected chi connectivity index (χ0v) is 21.5. The van der Waals surface area contributed by atoms with Crippen LogP contribution in [-0.4, -0.2) is 68.7 Å². The highest BCUT2D eigenvalue weighted by atomic mass is 127. The lowest BCUT2D eigenvalue weighted by atomic mass is 10.1. The Morgan fingerprint density at radius 1 is 1.12 bits per heavy atom. The molecule has 0 radical (unpaired) electrons. The zero-order chi connectivity index (χ0) is 21.3. The van der Waals surface area contributed by atoms with Crippen molar-refractivity contribution >= 4 is 29.9 Å². The molecule has 7 heteroatoms. The lowest BCUT2D eigenvalue weighted by Crippen LogP contribution is -2.41. The number of hydrogen-bond donors (Lipinski definition) is 1. The fraction of sp³-hybridized carbons (Fsp3) is 0.560. The van der Waals surface area contributed by atoms with E-state index in [2.05, 4.69) is 27.2 Å². The number of aliphatic imine (C=N–C) groups is 1. The Morgan fingerprint density at radius 3 is 2.66 bits per heavy atom. The number of furan rings is 1. The molecule has 2 aliphatic rings. The first kappa shape index (κ1) is 24.9. The number of ether oxygens (including phenoxy) is 1. The summed E-state index contributed by atoms with van der Waals surface area (Å²) < 4.78 is 10.7. The van der Waals surface area contributed by atoms with E-state index in [9.17, 15) is 0 Å². The molecule has 0 aliphatic carbocycles. The third-order valence-corrected chi connectivity index (χ3v) is 6.36. The average molecular weight is 553 g/mol. The lowest BCUT2D eigenvalue weighted by Gasteiger charge is -2.24. The molecular weight excluding hydrogens is 515 g/mol. The van der Waals surface area contributed by atoms with Crippen molar-refractivity contribution in [1.29, 1.82) is 0 Å². The Balaban J connectivity index is 0.00000289. The summed E-state index contributed by atoms with van der Waals surface area (Å²) in [6.07, 6.45) is 7.52. The SMILES string of the molecule is COc1ccc(CCNC(=NCCc2ccco2)N2CCC(CN3CCCC3)C2)cc1.I. The van der Waals surface area contributed by atoms with Crippen molar-refractivity contribution in [3.63, 3.8) is 0 Å². The number of nitrogens with zero attached hydrogens (tertiary/aromatic N) is 3. The summed E-state index contributed by atoms with van der Waals surface area (Å²) in [4.78, 5) is 10.0. The van der Waals surface area contributed by atoms with E-state index in [1.54, 1.807) is 13.4 Å². The Bertz CT molecular complexity index is 804. The summed E-state index contributed by atoms with van der Waals surface area (Å²) in [6.45, 7) is 7.60. The summed E-state index contributed by atoms with van der Waals surface area (Å²) in [5, 5.41) is 3.63. The molecule has 0 spiro atoms. The van der Waals surface area contributed by atoms with Crippen LogP contribution < -0.4 is 10.1 Å². The Kier molecular flexibility index (Phi) is 10.2. The van der Waals surface area contributed by atoms with Gasteiger partial charge in [-0.1, -0.05) is 12.1 Å².